The maximum Gasteiger partial charge on any atom is 0.295 e. The summed E-state index contributed by atoms with van der Waals surface area (Å²) in [5.74, 6) is -0.551. The highest BCUT2D eigenvalue weighted by atomic mass is 35.5. The molecule has 33 heavy (non-hydrogen) atoms. The predicted octanol–water partition coefficient (Wildman–Crippen LogP) is 5.22. The minimum Gasteiger partial charge on any atom is -0.507 e. The molecule has 7 heteroatoms. The van der Waals surface area contributed by atoms with Gasteiger partial charge in [0.05, 0.1) is 18.9 Å². The van der Waals surface area contributed by atoms with Crippen LogP contribution in [-0.2, 0) is 16.0 Å². The Bertz CT molecular complexity index is 1230. The van der Waals surface area contributed by atoms with E-state index in [0.29, 0.717) is 28.5 Å². The number of aliphatic hydroxyl groups excluding tert-OH is 1. The lowest BCUT2D eigenvalue weighted by Gasteiger charge is -2.23. The van der Waals surface area contributed by atoms with Crippen molar-refractivity contribution < 1.29 is 23.8 Å². The largest absolute Gasteiger partial charge is 0.507 e. The van der Waals surface area contributed by atoms with Gasteiger partial charge in [-0.05, 0) is 73.4 Å². The second-order valence-electron chi connectivity index (χ2n) is 8.02. The number of halogens is 1. The van der Waals surface area contributed by atoms with E-state index in [4.69, 9.17) is 20.8 Å². The Morgan fingerprint density at radius 2 is 1.85 bits per heavy atom. The zero-order chi connectivity index (χ0) is 23.7. The number of likely N-dealkylation sites (tertiary alicyclic amines) is 1. The number of nitrogens with zero attached hydrogens (tertiary/aromatic N) is 1. The van der Waals surface area contributed by atoms with E-state index in [9.17, 15) is 14.7 Å². The molecule has 1 N–H and O–H groups in total. The number of carbonyl (C=O) groups is 2. The van der Waals surface area contributed by atoms with Gasteiger partial charge < -0.3 is 19.2 Å². The summed E-state index contributed by atoms with van der Waals surface area (Å²) in [5.41, 5.74) is 2.98. The first-order valence-corrected chi connectivity index (χ1v) is 10.9. The van der Waals surface area contributed by atoms with E-state index >= 15 is 0 Å². The van der Waals surface area contributed by atoms with E-state index in [-0.39, 0.29) is 17.9 Å². The fraction of sp³-hybridized carbons (Fsp3) is 0.231. The van der Waals surface area contributed by atoms with Crippen LogP contribution >= 0.6 is 11.6 Å². The van der Waals surface area contributed by atoms with Crippen LogP contribution < -0.4 is 4.74 Å². The highest BCUT2D eigenvalue weighted by Crippen LogP contribution is 2.40. The molecule has 1 aliphatic heterocycles. The minimum atomic E-state index is -0.825. The molecule has 0 spiro atoms. The fourth-order valence-corrected chi connectivity index (χ4v) is 4.29. The standard InChI is InChI=1S/C26H24ClNO5/c1-15-14-21(32-3)16(2)13-19(15)24(29)22-23(20-5-4-12-33-20)28(26(31)25(22)30)11-10-17-6-8-18(27)9-7-17/h4-9,12-14,23,29H,10-11H2,1-3H3/b24-22-. The van der Waals surface area contributed by atoms with Gasteiger partial charge >= 0.3 is 0 Å². The number of amides is 1. The van der Waals surface area contributed by atoms with Crippen LogP contribution in [0, 0.1) is 13.8 Å². The third-order valence-corrected chi connectivity index (χ3v) is 6.16. The van der Waals surface area contributed by atoms with Crippen LogP contribution in [0.1, 0.15) is 34.1 Å². The van der Waals surface area contributed by atoms with E-state index in [0.717, 1.165) is 16.7 Å². The number of furan rings is 1. The highest BCUT2D eigenvalue weighted by Gasteiger charge is 2.47. The Labute approximate surface area is 197 Å². The number of Topliss-reactive ketones (excluding diaryl/α,β-unsaturated/α-hetero) is 1. The topological polar surface area (TPSA) is 80.0 Å². The quantitative estimate of drug-likeness (QED) is 0.306. The van der Waals surface area contributed by atoms with Crippen molar-refractivity contribution in [1.82, 2.24) is 4.90 Å². The van der Waals surface area contributed by atoms with Crippen molar-refractivity contribution in [1.29, 1.82) is 0 Å². The molecule has 3 aromatic rings. The molecule has 1 saturated heterocycles. The molecule has 1 atom stereocenters. The van der Waals surface area contributed by atoms with E-state index < -0.39 is 17.7 Å². The molecule has 170 valence electrons. The second-order valence-corrected chi connectivity index (χ2v) is 8.46. The third-order valence-electron chi connectivity index (χ3n) is 5.90. The second kappa shape index (κ2) is 9.16. The van der Waals surface area contributed by atoms with Crippen molar-refractivity contribution in [3.05, 3.63) is 93.4 Å². The summed E-state index contributed by atoms with van der Waals surface area (Å²) in [4.78, 5) is 27.6. The molecule has 0 saturated carbocycles. The fourth-order valence-electron chi connectivity index (χ4n) is 4.16. The van der Waals surface area contributed by atoms with Crippen LogP contribution in [0.5, 0.6) is 5.75 Å². The number of aryl methyl sites for hydroxylation is 2. The Morgan fingerprint density at radius 3 is 2.48 bits per heavy atom. The number of ether oxygens (including phenoxy) is 1. The number of methoxy groups -OCH3 is 1. The molecule has 0 aliphatic carbocycles. The Hall–Kier alpha value is -3.51. The number of hydrogen-bond donors (Lipinski definition) is 1. The van der Waals surface area contributed by atoms with Crippen molar-refractivity contribution in [2.45, 2.75) is 26.3 Å². The summed E-state index contributed by atoms with van der Waals surface area (Å²) >= 11 is 5.96. The van der Waals surface area contributed by atoms with Gasteiger partial charge in [-0.25, -0.2) is 0 Å². The normalized spacial score (nSPS) is 17.6. The molecule has 2 aromatic carbocycles. The SMILES string of the molecule is COc1cc(C)c(/C(O)=C2/C(=O)C(=O)N(CCc3ccc(Cl)cc3)C2c2ccco2)cc1C. The summed E-state index contributed by atoms with van der Waals surface area (Å²) < 4.78 is 10.9. The van der Waals surface area contributed by atoms with Crippen LogP contribution in [0.3, 0.4) is 0 Å². The number of ketones is 1. The first-order chi connectivity index (χ1) is 15.8. The molecular weight excluding hydrogens is 442 g/mol. The van der Waals surface area contributed by atoms with Gasteiger partial charge in [0.1, 0.15) is 23.3 Å². The molecule has 1 aliphatic rings. The molecule has 1 fully saturated rings. The van der Waals surface area contributed by atoms with E-state index in [1.165, 1.54) is 11.2 Å². The molecule has 1 amide bonds. The predicted molar refractivity (Wildman–Crippen MR) is 125 cm³/mol. The van der Waals surface area contributed by atoms with Gasteiger partial charge in [-0.2, -0.15) is 0 Å². The van der Waals surface area contributed by atoms with Crippen molar-refractivity contribution in [2.75, 3.05) is 13.7 Å². The Morgan fingerprint density at radius 1 is 1.12 bits per heavy atom. The molecule has 1 unspecified atom stereocenters. The van der Waals surface area contributed by atoms with Crippen LogP contribution in [0.4, 0.5) is 0 Å². The van der Waals surface area contributed by atoms with Gasteiger partial charge in [-0.3, -0.25) is 9.59 Å². The number of hydrogen-bond acceptors (Lipinski definition) is 5. The lowest BCUT2D eigenvalue weighted by Crippen LogP contribution is -2.31. The van der Waals surface area contributed by atoms with Gasteiger partial charge in [0.25, 0.3) is 11.7 Å². The number of carbonyl (C=O) groups excluding carboxylic acids is 2. The summed E-state index contributed by atoms with van der Waals surface area (Å²) in [7, 11) is 1.57. The van der Waals surface area contributed by atoms with Crippen molar-refractivity contribution in [3.8, 4) is 5.75 Å². The smallest absolute Gasteiger partial charge is 0.295 e. The van der Waals surface area contributed by atoms with Crippen LogP contribution in [0.15, 0.2) is 64.8 Å². The van der Waals surface area contributed by atoms with Crippen molar-refractivity contribution in [3.63, 3.8) is 0 Å². The average Bonchev–Trinajstić information content (AvgIpc) is 3.41. The monoisotopic (exact) mass is 465 g/mol. The van der Waals surface area contributed by atoms with E-state index in [2.05, 4.69) is 0 Å². The van der Waals surface area contributed by atoms with Gasteiger partial charge in [0.2, 0.25) is 0 Å². The van der Waals surface area contributed by atoms with Gasteiger partial charge in [-0.1, -0.05) is 23.7 Å². The van der Waals surface area contributed by atoms with Crippen molar-refractivity contribution >= 4 is 29.1 Å². The molecular formula is C26H24ClNO5. The Balaban J connectivity index is 1.77. The number of benzene rings is 2. The molecule has 6 nitrogen and oxygen atoms in total. The molecule has 1 aromatic heterocycles. The zero-order valence-corrected chi connectivity index (χ0v) is 19.3. The first kappa shape index (κ1) is 22.7. The van der Waals surface area contributed by atoms with E-state index in [1.54, 1.807) is 43.5 Å². The van der Waals surface area contributed by atoms with Gasteiger partial charge in [-0.15, -0.1) is 0 Å². The maximum absolute atomic E-state index is 13.1. The zero-order valence-electron chi connectivity index (χ0n) is 18.6. The van der Waals surface area contributed by atoms with Gasteiger partial charge in [0, 0.05) is 17.1 Å². The molecule has 4 rings (SSSR count). The highest BCUT2D eigenvalue weighted by molar-refractivity contribution is 6.46. The minimum absolute atomic E-state index is 0.0127. The number of aliphatic hydroxyl groups is 1. The van der Waals surface area contributed by atoms with Crippen LogP contribution in [-0.4, -0.2) is 35.4 Å². The summed E-state index contributed by atoms with van der Waals surface area (Å²) in [6, 6.07) is 13.4. The third kappa shape index (κ3) is 4.26. The van der Waals surface area contributed by atoms with Gasteiger partial charge in [0.15, 0.2) is 0 Å². The van der Waals surface area contributed by atoms with Crippen LogP contribution in [0.2, 0.25) is 5.02 Å². The molecule has 0 bridgehead atoms. The Kier molecular flexibility index (Phi) is 6.29. The van der Waals surface area contributed by atoms with Crippen LogP contribution in [0.25, 0.3) is 5.76 Å². The first-order valence-electron chi connectivity index (χ1n) is 10.5. The molecule has 0 radical (unpaired) electrons. The maximum atomic E-state index is 13.1. The molecule has 2 heterocycles. The number of rotatable bonds is 6. The van der Waals surface area contributed by atoms with E-state index in [1.807, 2.05) is 26.0 Å². The lowest BCUT2D eigenvalue weighted by molar-refractivity contribution is -0.140. The average molecular weight is 466 g/mol. The summed E-state index contributed by atoms with van der Waals surface area (Å²) in [6.07, 6.45) is 2.00. The summed E-state index contributed by atoms with van der Waals surface area (Å²) in [6.45, 7) is 3.94. The van der Waals surface area contributed by atoms with Crippen molar-refractivity contribution in [2.24, 2.45) is 0 Å². The lowest BCUT2D eigenvalue weighted by atomic mass is 9.95. The summed E-state index contributed by atoms with van der Waals surface area (Å²) in [5, 5.41) is 11.9.